The van der Waals surface area contributed by atoms with Gasteiger partial charge in [0, 0.05) is 32.2 Å². The lowest BCUT2D eigenvalue weighted by molar-refractivity contribution is -0.133. The fraction of sp³-hybridized carbons (Fsp3) is 0.833. The van der Waals surface area contributed by atoms with E-state index < -0.39 is 12.5 Å². The molecule has 0 radical (unpaired) electrons. The highest BCUT2D eigenvalue weighted by atomic mass is 19.3. The first-order valence-corrected chi connectivity index (χ1v) is 9.95. The van der Waals surface area contributed by atoms with Crippen LogP contribution in [-0.4, -0.2) is 63.8 Å². The molecule has 1 amide bonds. The Morgan fingerprint density at radius 2 is 2.15 bits per heavy atom. The Bertz CT molecular complexity index is 641. The van der Waals surface area contributed by atoms with Crippen LogP contribution in [0.3, 0.4) is 0 Å². The van der Waals surface area contributed by atoms with Gasteiger partial charge in [-0.2, -0.15) is 10.1 Å². The second kappa shape index (κ2) is 8.08. The third kappa shape index (κ3) is 4.07. The maximum Gasteiger partial charge on any atom is 0.260 e. The summed E-state index contributed by atoms with van der Waals surface area (Å²) in [7, 11) is 0. The van der Waals surface area contributed by atoms with Crippen LogP contribution in [0.1, 0.15) is 51.0 Å². The van der Waals surface area contributed by atoms with Crippen molar-refractivity contribution in [3.05, 3.63) is 6.33 Å². The largest absolute Gasteiger partial charge is 0.378 e. The minimum absolute atomic E-state index is 0.0511. The van der Waals surface area contributed by atoms with Gasteiger partial charge in [-0.3, -0.25) is 4.79 Å². The number of carbonyl (C=O) groups excluding carboxylic acids is 1. The first-order chi connectivity index (χ1) is 13.1. The maximum atomic E-state index is 13.4. The third-order valence-corrected chi connectivity index (χ3v) is 6.15. The zero-order valence-electron chi connectivity index (χ0n) is 15.4. The molecule has 2 fully saturated rings. The van der Waals surface area contributed by atoms with Crippen molar-refractivity contribution in [1.29, 1.82) is 0 Å². The van der Waals surface area contributed by atoms with E-state index in [0.29, 0.717) is 31.9 Å². The molecule has 1 aromatic heterocycles. The van der Waals surface area contributed by atoms with E-state index in [0.717, 1.165) is 38.7 Å². The number of halogens is 2. The number of nitrogens with one attached hydrogen (secondary N) is 1. The van der Waals surface area contributed by atoms with Crippen molar-refractivity contribution in [2.45, 2.75) is 69.6 Å². The van der Waals surface area contributed by atoms with Crippen molar-refractivity contribution in [3.8, 4) is 0 Å². The Labute approximate surface area is 157 Å². The molecule has 9 heteroatoms. The number of amides is 1. The number of nitrogens with zero attached hydrogens (tertiary/aromatic N) is 4. The van der Waals surface area contributed by atoms with Gasteiger partial charge in [0.2, 0.25) is 11.9 Å². The van der Waals surface area contributed by atoms with Gasteiger partial charge in [0.1, 0.15) is 12.4 Å². The Kier molecular flexibility index (Phi) is 5.56. The number of hydrogen-bond acceptors (Lipinski definition) is 5. The van der Waals surface area contributed by atoms with Crippen LogP contribution in [-0.2, 0) is 9.53 Å². The minimum Gasteiger partial charge on any atom is -0.378 e. The topological polar surface area (TPSA) is 72.3 Å². The molecular formula is C18H27F2N5O2. The lowest BCUT2D eigenvalue weighted by Gasteiger charge is -2.40. The van der Waals surface area contributed by atoms with Crippen molar-refractivity contribution in [2.75, 3.05) is 25.0 Å². The molecule has 0 saturated carbocycles. The molecule has 1 unspecified atom stereocenters. The summed E-state index contributed by atoms with van der Waals surface area (Å²) in [4.78, 5) is 18.4. The van der Waals surface area contributed by atoms with Crippen LogP contribution in [0.15, 0.2) is 6.33 Å². The van der Waals surface area contributed by atoms with Crippen LogP contribution >= 0.6 is 0 Å². The van der Waals surface area contributed by atoms with Crippen LogP contribution in [0, 0.1) is 5.92 Å². The van der Waals surface area contributed by atoms with Gasteiger partial charge in [0.25, 0.3) is 6.43 Å². The van der Waals surface area contributed by atoms with Gasteiger partial charge in [0.05, 0.1) is 6.10 Å². The summed E-state index contributed by atoms with van der Waals surface area (Å²) in [6.45, 7) is 2.20. The Balaban J connectivity index is 1.28. The number of likely N-dealkylation sites (tertiary alicyclic amines) is 1. The highest BCUT2D eigenvalue weighted by Crippen LogP contribution is 2.35. The predicted molar refractivity (Wildman–Crippen MR) is 94.6 cm³/mol. The minimum atomic E-state index is -2.46. The van der Waals surface area contributed by atoms with Crippen molar-refractivity contribution < 1.29 is 18.3 Å². The summed E-state index contributed by atoms with van der Waals surface area (Å²) in [5.41, 5.74) is 0. The number of carbonyl (C=O) groups is 1. The maximum absolute atomic E-state index is 13.4. The normalized spacial score (nSPS) is 29.0. The predicted octanol–water partition coefficient (Wildman–Crippen LogP) is 2.47. The standard InChI is InChI=1S/C18H27F2N5O2/c19-17(20)15-10-14(23-18-21-11-22-25(15)18)12-5-7-24(8-6-12)16(26)4-3-13-2-1-9-27-13/h11-15,17H,1-10H2,(H,21,22,23)/t13?,14-,15+/m0/s1. The van der Waals surface area contributed by atoms with Crippen LogP contribution < -0.4 is 5.32 Å². The van der Waals surface area contributed by atoms with Crippen LogP contribution in [0.2, 0.25) is 0 Å². The van der Waals surface area contributed by atoms with E-state index in [9.17, 15) is 13.6 Å². The average Bonchev–Trinajstić information content (AvgIpc) is 3.36. The van der Waals surface area contributed by atoms with E-state index in [2.05, 4.69) is 15.4 Å². The lowest BCUT2D eigenvalue weighted by Crippen LogP contribution is -2.46. The van der Waals surface area contributed by atoms with Gasteiger partial charge in [-0.25, -0.2) is 13.5 Å². The van der Waals surface area contributed by atoms with E-state index in [1.165, 1.54) is 11.0 Å². The molecule has 1 aromatic rings. The Hall–Kier alpha value is -1.77. The van der Waals surface area contributed by atoms with Gasteiger partial charge < -0.3 is 15.0 Å². The molecule has 2 saturated heterocycles. The smallest absolute Gasteiger partial charge is 0.260 e. The van der Waals surface area contributed by atoms with E-state index in [1.807, 2.05) is 4.90 Å². The molecule has 0 bridgehead atoms. The fourth-order valence-corrected chi connectivity index (χ4v) is 4.57. The Morgan fingerprint density at radius 1 is 1.33 bits per heavy atom. The van der Waals surface area contributed by atoms with Crippen molar-refractivity contribution in [1.82, 2.24) is 19.7 Å². The number of fused-ring (bicyclic) bond motifs is 1. The summed E-state index contributed by atoms with van der Waals surface area (Å²) < 4.78 is 33.7. The Morgan fingerprint density at radius 3 is 2.85 bits per heavy atom. The number of hydrogen-bond donors (Lipinski definition) is 1. The molecule has 7 nitrogen and oxygen atoms in total. The molecule has 3 atom stereocenters. The molecule has 0 aliphatic carbocycles. The average molecular weight is 383 g/mol. The molecule has 3 aliphatic heterocycles. The summed E-state index contributed by atoms with van der Waals surface area (Å²) >= 11 is 0. The van der Waals surface area contributed by atoms with Crippen LogP contribution in [0.5, 0.6) is 0 Å². The molecule has 3 aliphatic rings. The van der Waals surface area contributed by atoms with Gasteiger partial charge in [-0.15, -0.1) is 0 Å². The van der Waals surface area contributed by atoms with E-state index in [1.54, 1.807) is 0 Å². The summed E-state index contributed by atoms with van der Waals surface area (Å²) in [5.74, 6) is 0.872. The third-order valence-electron chi connectivity index (χ3n) is 6.15. The number of aromatic nitrogens is 3. The first kappa shape index (κ1) is 18.6. The first-order valence-electron chi connectivity index (χ1n) is 9.95. The number of ether oxygens (including phenoxy) is 1. The van der Waals surface area contributed by atoms with Gasteiger partial charge in [-0.1, -0.05) is 0 Å². The number of piperidine rings is 1. The monoisotopic (exact) mass is 383 g/mol. The number of alkyl halides is 2. The SMILES string of the molecule is O=C(CCC1CCCO1)N1CCC([C@@H]2C[C@H](C(F)F)n3ncnc3N2)CC1. The van der Waals surface area contributed by atoms with Gasteiger partial charge in [0.15, 0.2) is 0 Å². The molecule has 27 heavy (non-hydrogen) atoms. The highest BCUT2D eigenvalue weighted by molar-refractivity contribution is 5.76. The summed E-state index contributed by atoms with van der Waals surface area (Å²) in [6, 6.07) is -0.982. The van der Waals surface area contributed by atoms with E-state index in [4.69, 9.17) is 4.74 Å². The molecular weight excluding hydrogens is 356 g/mol. The quantitative estimate of drug-likeness (QED) is 0.846. The van der Waals surface area contributed by atoms with Gasteiger partial charge in [-0.05, 0) is 44.4 Å². The second-order valence-electron chi connectivity index (χ2n) is 7.81. The fourth-order valence-electron chi connectivity index (χ4n) is 4.57. The highest BCUT2D eigenvalue weighted by Gasteiger charge is 2.38. The molecule has 4 heterocycles. The van der Waals surface area contributed by atoms with Gasteiger partial charge >= 0.3 is 0 Å². The molecule has 0 spiro atoms. The summed E-state index contributed by atoms with van der Waals surface area (Å²) in [6.07, 6.45) is 4.56. The van der Waals surface area contributed by atoms with Crippen molar-refractivity contribution in [2.24, 2.45) is 5.92 Å². The van der Waals surface area contributed by atoms with E-state index in [-0.39, 0.29) is 24.0 Å². The van der Waals surface area contributed by atoms with Crippen LogP contribution in [0.4, 0.5) is 14.7 Å². The molecule has 150 valence electrons. The summed E-state index contributed by atoms with van der Waals surface area (Å²) in [5, 5.41) is 7.20. The molecule has 0 aromatic carbocycles. The van der Waals surface area contributed by atoms with Crippen LogP contribution in [0.25, 0.3) is 0 Å². The molecule has 4 rings (SSSR count). The van der Waals surface area contributed by atoms with E-state index >= 15 is 0 Å². The molecule has 1 N–H and O–H groups in total. The number of anilines is 1. The zero-order chi connectivity index (χ0) is 18.8. The number of rotatable bonds is 5. The second-order valence-corrected chi connectivity index (χ2v) is 7.81. The zero-order valence-corrected chi connectivity index (χ0v) is 15.4. The van der Waals surface area contributed by atoms with Crippen molar-refractivity contribution >= 4 is 11.9 Å². The van der Waals surface area contributed by atoms with Crippen molar-refractivity contribution in [3.63, 3.8) is 0 Å². The lowest BCUT2D eigenvalue weighted by atomic mass is 9.85.